The van der Waals surface area contributed by atoms with Crippen LogP contribution in [0.5, 0.6) is 0 Å². The molecular weight excluding hydrogens is 226 g/mol. The lowest BCUT2D eigenvalue weighted by Gasteiger charge is -2.31. The predicted molar refractivity (Wildman–Crippen MR) is 72.0 cm³/mol. The Hall–Kier alpha value is -1.29. The molecule has 0 saturated carbocycles. The van der Waals surface area contributed by atoms with Crippen LogP contribution in [0.2, 0.25) is 0 Å². The number of aromatic nitrogens is 1. The quantitative estimate of drug-likeness (QED) is 0.886. The monoisotopic (exact) mass is 249 g/mol. The second-order valence-corrected chi connectivity index (χ2v) is 5.33. The Morgan fingerprint density at radius 3 is 2.83 bits per heavy atom. The van der Waals surface area contributed by atoms with Gasteiger partial charge in [-0.1, -0.05) is 6.92 Å². The smallest absolute Gasteiger partial charge is 0.225 e. The van der Waals surface area contributed by atoms with E-state index in [4.69, 9.17) is 5.73 Å². The molecule has 1 aliphatic rings. The number of carbonyl (C=O) groups excluding carboxylic acids is 1. The van der Waals surface area contributed by atoms with Gasteiger partial charge in [0.05, 0.1) is 6.04 Å². The Morgan fingerprint density at radius 1 is 1.50 bits per heavy atom. The first kappa shape index (κ1) is 13.1. The molecule has 1 fully saturated rings. The van der Waals surface area contributed by atoms with Gasteiger partial charge in [-0.05, 0) is 32.4 Å². The Morgan fingerprint density at radius 2 is 2.22 bits per heavy atom. The molecule has 0 unspecified atom stereocenters. The van der Waals surface area contributed by atoms with E-state index in [0.717, 1.165) is 13.0 Å². The van der Waals surface area contributed by atoms with Crippen LogP contribution in [0.25, 0.3) is 0 Å². The molecule has 1 aromatic heterocycles. The topological polar surface area (TPSA) is 51.3 Å². The number of nitrogens with zero attached hydrogens (tertiary/aromatic N) is 2. The lowest BCUT2D eigenvalue weighted by Crippen LogP contribution is -2.38. The first-order valence-electron chi connectivity index (χ1n) is 6.78. The number of amides is 1. The number of nitrogens with two attached hydrogens (primary N) is 1. The van der Waals surface area contributed by atoms with Gasteiger partial charge in [0.1, 0.15) is 0 Å². The molecular formula is C14H23N3O. The molecule has 0 aliphatic carbocycles. The molecule has 2 heterocycles. The summed E-state index contributed by atoms with van der Waals surface area (Å²) in [7, 11) is 0. The minimum atomic E-state index is -0.0922. The highest BCUT2D eigenvalue weighted by Crippen LogP contribution is 2.34. The van der Waals surface area contributed by atoms with Crippen LogP contribution >= 0.6 is 0 Å². The van der Waals surface area contributed by atoms with Crippen molar-refractivity contribution < 1.29 is 4.79 Å². The van der Waals surface area contributed by atoms with E-state index in [-0.39, 0.29) is 24.0 Å². The van der Waals surface area contributed by atoms with Crippen LogP contribution in [0.3, 0.4) is 0 Å². The highest BCUT2D eigenvalue weighted by atomic mass is 16.2. The van der Waals surface area contributed by atoms with Crippen molar-refractivity contribution in [2.45, 2.75) is 58.3 Å². The normalized spacial score (nSPS) is 24.3. The molecule has 0 bridgehead atoms. The number of likely N-dealkylation sites (tertiary alicyclic amines) is 1. The Balaban J connectivity index is 2.34. The molecule has 1 aromatic rings. The molecule has 2 rings (SSSR count). The van der Waals surface area contributed by atoms with Crippen LogP contribution in [0.1, 0.15) is 45.3 Å². The summed E-state index contributed by atoms with van der Waals surface area (Å²) in [5, 5.41) is 0. The van der Waals surface area contributed by atoms with Crippen LogP contribution in [-0.4, -0.2) is 27.5 Å². The average Bonchev–Trinajstić information content (AvgIpc) is 2.83. The first-order chi connectivity index (χ1) is 8.56. The zero-order valence-corrected chi connectivity index (χ0v) is 11.5. The molecule has 0 aromatic carbocycles. The van der Waals surface area contributed by atoms with Crippen LogP contribution in [-0.2, 0) is 11.3 Å². The molecule has 18 heavy (non-hydrogen) atoms. The first-order valence-corrected chi connectivity index (χ1v) is 6.78. The Labute approximate surface area is 109 Å². The van der Waals surface area contributed by atoms with Crippen molar-refractivity contribution in [3.63, 3.8) is 0 Å². The largest absolute Gasteiger partial charge is 0.350 e. The van der Waals surface area contributed by atoms with Gasteiger partial charge in [0, 0.05) is 36.9 Å². The van der Waals surface area contributed by atoms with E-state index in [2.05, 4.69) is 37.6 Å². The van der Waals surface area contributed by atoms with Crippen LogP contribution in [0.15, 0.2) is 18.3 Å². The zero-order valence-electron chi connectivity index (χ0n) is 11.5. The fourth-order valence-corrected chi connectivity index (χ4v) is 2.89. The summed E-state index contributed by atoms with van der Waals surface area (Å²) in [4.78, 5) is 14.0. The fourth-order valence-electron chi connectivity index (χ4n) is 2.89. The van der Waals surface area contributed by atoms with Gasteiger partial charge < -0.3 is 15.2 Å². The second-order valence-electron chi connectivity index (χ2n) is 5.33. The number of rotatable bonds is 4. The maximum Gasteiger partial charge on any atom is 0.225 e. The summed E-state index contributed by atoms with van der Waals surface area (Å²) in [6, 6.07) is 4.26. The van der Waals surface area contributed by atoms with Crippen LogP contribution in [0.4, 0.5) is 0 Å². The standard InChI is InChI=1S/C14H23N3O/c1-4-7-16-8-5-6-12(16)14-11(15)9-13(18)17(14)10(2)3/h5-6,8,10-11,14H,4,7,9,15H2,1-3H3/t11-,14-/m1/s1. The van der Waals surface area contributed by atoms with Gasteiger partial charge >= 0.3 is 0 Å². The molecule has 2 atom stereocenters. The SMILES string of the molecule is CCCn1cccc1[C@H]1[C@H](N)CC(=O)N1C(C)C. The third kappa shape index (κ3) is 2.17. The number of aryl methyl sites for hydroxylation is 1. The Bertz CT molecular complexity index is 424. The van der Waals surface area contributed by atoms with Crippen LogP contribution in [0, 0.1) is 0 Å². The summed E-state index contributed by atoms with van der Waals surface area (Å²) in [5.74, 6) is 0.173. The van der Waals surface area contributed by atoms with E-state index in [0.29, 0.717) is 6.42 Å². The van der Waals surface area contributed by atoms with Gasteiger partial charge in [-0.3, -0.25) is 4.79 Å². The maximum absolute atomic E-state index is 12.0. The third-order valence-electron chi connectivity index (χ3n) is 3.59. The average molecular weight is 249 g/mol. The molecule has 1 amide bonds. The van der Waals surface area contributed by atoms with Gasteiger partial charge in [-0.15, -0.1) is 0 Å². The van der Waals surface area contributed by atoms with E-state index in [1.165, 1.54) is 5.69 Å². The highest BCUT2D eigenvalue weighted by molar-refractivity contribution is 5.80. The van der Waals surface area contributed by atoms with Crippen molar-refractivity contribution in [3.05, 3.63) is 24.0 Å². The summed E-state index contributed by atoms with van der Waals surface area (Å²) >= 11 is 0. The van der Waals surface area contributed by atoms with Crippen molar-refractivity contribution >= 4 is 5.91 Å². The van der Waals surface area contributed by atoms with Crippen molar-refractivity contribution in [3.8, 4) is 0 Å². The van der Waals surface area contributed by atoms with Crippen molar-refractivity contribution in [2.24, 2.45) is 5.73 Å². The molecule has 0 radical (unpaired) electrons. The minimum Gasteiger partial charge on any atom is -0.350 e. The molecule has 1 saturated heterocycles. The summed E-state index contributed by atoms with van der Waals surface area (Å²) < 4.78 is 2.22. The van der Waals surface area contributed by atoms with Gasteiger partial charge in [-0.2, -0.15) is 0 Å². The van der Waals surface area contributed by atoms with E-state index in [1.54, 1.807) is 0 Å². The van der Waals surface area contributed by atoms with Crippen LogP contribution < -0.4 is 5.73 Å². The number of hydrogen-bond acceptors (Lipinski definition) is 2. The summed E-state index contributed by atoms with van der Waals surface area (Å²) in [5.41, 5.74) is 7.35. The van der Waals surface area contributed by atoms with E-state index < -0.39 is 0 Å². The highest BCUT2D eigenvalue weighted by Gasteiger charge is 2.41. The maximum atomic E-state index is 12.0. The predicted octanol–water partition coefficient (Wildman–Crippen LogP) is 1.91. The van der Waals surface area contributed by atoms with Gasteiger partial charge in [-0.25, -0.2) is 0 Å². The minimum absolute atomic E-state index is 0.0269. The van der Waals surface area contributed by atoms with E-state index >= 15 is 0 Å². The zero-order chi connectivity index (χ0) is 13.3. The molecule has 0 spiro atoms. The van der Waals surface area contributed by atoms with Gasteiger partial charge in [0.15, 0.2) is 0 Å². The molecule has 2 N–H and O–H groups in total. The lowest BCUT2D eigenvalue weighted by molar-refractivity contribution is -0.130. The Kier molecular flexibility index (Phi) is 3.76. The van der Waals surface area contributed by atoms with E-state index in [1.807, 2.05) is 11.0 Å². The molecule has 1 aliphatic heterocycles. The van der Waals surface area contributed by atoms with E-state index in [9.17, 15) is 4.79 Å². The van der Waals surface area contributed by atoms with Gasteiger partial charge in [0.2, 0.25) is 5.91 Å². The summed E-state index contributed by atoms with van der Waals surface area (Å²) in [6.45, 7) is 7.24. The summed E-state index contributed by atoms with van der Waals surface area (Å²) in [6.07, 6.45) is 3.62. The lowest BCUT2D eigenvalue weighted by atomic mass is 10.1. The second kappa shape index (κ2) is 5.14. The molecule has 4 nitrogen and oxygen atoms in total. The fraction of sp³-hybridized carbons (Fsp3) is 0.643. The molecule has 100 valence electrons. The number of carbonyl (C=O) groups is 1. The van der Waals surface area contributed by atoms with Crippen molar-refractivity contribution in [1.29, 1.82) is 0 Å². The van der Waals surface area contributed by atoms with Crippen molar-refractivity contribution in [2.75, 3.05) is 0 Å². The van der Waals surface area contributed by atoms with Crippen molar-refractivity contribution in [1.82, 2.24) is 9.47 Å². The number of hydrogen-bond donors (Lipinski definition) is 1. The molecule has 4 heteroatoms. The van der Waals surface area contributed by atoms with Gasteiger partial charge in [0.25, 0.3) is 0 Å². The third-order valence-corrected chi connectivity index (χ3v) is 3.59.